The van der Waals surface area contributed by atoms with Crippen LogP contribution >= 0.6 is 0 Å². The highest BCUT2D eigenvalue weighted by Crippen LogP contribution is 2.13. The molecule has 0 saturated heterocycles. The first-order chi connectivity index (χ1) is 8.58. The maximum absolute atomic E-state index is 11.9. The van der Waals surface area contributed by atoms with Gasteiger partial charge in [0.25, 0.3) is 0 Å². The summed E-state index contributed by atoms with van der Waals surface area (Å²) in [4.78, 5) is 11.9. The average Bonchev–Trinajstić information content (AvgIpc) is 2.39. The monoisotopic (exact) mass is 248 g/mol. The van der Waals surface area contributed by atoms with E-state index in [4.69, 9.17) is 5.73 Å². The van der Waals surface area contributed by atoms with Gasteiger partial charge in [-0.2, -0.15) is 0 Å². The molecule has 1 aromatic carbocycles. The number of amides is 1. The highest BCUT2D eigenvalue weighted by molar-refractivity contribution is 5.94. The van der Waals surface area contributed by atoms with Crippen LogP contribution in [0.15, 0.2) is 24.3 Å². The van der Waals surface area contributed by atoms with Crippen LogP contribution in [0.25, 0.3) is 0 Å². The summed E-state index contributed by atoms with van der Waals surface area (Å²) in [7, 11) is 0. The van der Waals surface area contributed by atoms with Gasteiger partial charge in [-0.05, 0) is 30.0 Å². The molecular weight excluding hydrogens is 224 g/mol. The summed E-state index contributed by atoms with van der Waals surface area (Å²) in [6.07, 6.45) is 3.11. The minimum atomic E-state index is -0.440. The van der Waals surface area contributed by atoms with E-state index in [-0.39, 0.29) is 11.8 Å². The van der Waals surface area contributed by atoms with Crippen molar-refractivity contribution in [2.45, 2.75) is 46.1 Å². The van der Waals surface area contributed by atoms with Crippen LogP contribution < -0.4 is 11.1 Å². The number of benzene rings is 1. The van der Waals surface area contributed by atoms with E-state index in [1.165, 1.54) is 5.56 Å². The van der Waals surface area contributed by atoms with Crippen LogP contribution in [0, 0.1) is 5.92 Å². The molecule has 0 bridgehead atoms. The Labute approximate surface area is 110 Å². The average molecular weight is 248 g/mol. The van der Waals surface area contributed by atoms with Gasteiger partial charge in [-0.15, -0.1) is 0 Å². The summed E-state index contributed by atoms with van der Waals surface area (Å²) in [5, 5.41) is 2.86. The molecule has 3 N–H and O–H groups in total. The number of nitrogens with two attached hydrogens (primary N) is 1. The molecular formula is C15H24N2O. The largest absolute Gasteiger partial charge is 0.325 e. The summed E-state index contributed by atoms with van der Waals surface area (Å²) in [6, 6.07) is 7.53. The third-order valence-corrected chi connectivity index (χ3v) is 3.32. The second-order valence-electron chi connectivity index (χ2n) is 4.85. The molecule has 1 rings (SSSR count). The third-order valence-electron chi connectivity index (χ3n) is 3.32. The molecule has 1 amide bonds. The van der Waals surface area contributed by atoms with Crippen LogP contribution in [0.5, 0.6) is 0 Å². The number of carbonyl (C=O) groups is 1. The molecule has 0 radical (unpaired) electrons. The lowest BCUT2D eigenvalue weighted by molar-refractivity contribution is -0.118. The van der Waals surface area contributed by atoms with Crippen LogP contribution in [0.4, 0.5) is 5.69 Å². The quantitative estimate of drug-likeness (QED) is 0.813. The molecule has 0 aliphatic heterocycles. The maximum atomic E-state index is 11.9. The van der Waals surface area contributed by atoms with Crippen molar-refractivity contribution < 1.29 is 4.79 Å². The summed E-state index contributed by atoms with van der Waals surface area (Å²) < 4.78 is 0. The first-order valence-corrected chi connectivity index (χ1v) is 6.73. The molecule has 0 aromatic heterocycles. The van der Waals surface area contributed by atoms with E-state index < -0.39 is 6.04 Å². The van der Waals surface area contributed by atoms with E-state index in [1.54, 1.807) is 0 Å². The van der Waals surface area contributed by atoms with Gasteiger partial charge in [0.1, 0.15) is 0 Å². The highest BCUT2D eigenvalue weighted by Gasteiger charge is 2.19. The van der Waals surface area contributed by atoms with Gasteiger partial charge in [0.15, 0.2) is 0 Å². The fraction of sp³-hybridized carbons (Fsp3) is 0.533. The van der Waals surface area contributed by atoms with Crippen molar-refractivity contribution in [3.8, 4) is 0 Å². The second-order valence-corrected chi connectivity index (χ2v) is 4.85. The molecule has 3 nitrogen and oxygen atoms in total. The van der Waals surface area contributed by atoms with Gasteiger partial charge in [-0.3, -0.25) is 4.79 Å². The normalized spacial score (nSPS) is 14.0. The van der Waals surface area contributed by atoms with Gasteiger partial charge in [-0.1, -0.05) is 45.7 Å². The fourth-order valence-electron chi connectivity index (χ4n) is 1.78. The number of rotatable bonds is 6. The van der Waals surface area contributed by atoms with E-state index >= 15 is 0 Å². The first-order valence-electron chi connectivity index (χ1n) is 6.73. The van der Waals surface area contributed by atoms with E-state index in [9.17, 15) is 4.79 Å². The Morgan fingerprint density at radius 1 is 1.28 bits per heavy atom. The molecule has 100 valence electrons. The number of carbonyl (C=O) groups excluding carboxylic acids is 1. The standard InChI is InChI=1S/C15H24N2O/c1-4-6-12-7-9-13(10-8-12)17-15(18)14(16)11(3)5-2/h7-11,14H,4-6,16H2,1-3H3,(H,17,18)/t11-,14-/m0/s1. The lowest BCUT2D eigenvalue weighted by Gasteiger charge is -2.17. The van der Waals surface area contributed by atoms with Crippen molar-refractivity contribution in [2.75, 3.05) is 5.32 Å². The van der Waals surface area contributed by atoms with E-state index in [1.807, 2.05) is 38.1 Å². The molecule has 3 heteroatoms. The zero-order chi connectivity index (χ0) is 13.5. The Morgan fingerprint density at radius 3 is 2.39 bits per heavy atom. The molecule has 2 atom stereocenters. The zero-order valence-electron chi connectivity index (χ0n) is 11.6. The van der Waals surface area contributed by atoms with E-state index in [0.717, 1.165) is 24.9 Å². The van der Waals surface area contributed by atoms with Crippen molar-refractivity contribution in [3.05, 3.63) is 29.8 Å². The number of hydrogen-bond donors (Lipinski definition) is 2. The van der Waals surface area contributed by atoms with Crippen LogP contribution in [0.3, 0.4) is 0 Å². The molecule has 0 aliphatic carbocycles. The van der Waals surface area contributed by atoms with Gasteiger partial charge in [0, 0.05) is 5.69 Å². The maximum Gasteiger partial charge on any atom is 0.241 e. The molecule has 0 saturated carbocycles. The number of anilines is 1. The van der Waals surface area contributed by atoms with Crippen LogP contribution in [0.1, 0.15) is 39.2 Å². The lowest BCUT2D eigenvalue weighted by Crippen LogP contribution is -2.40. The summed E-state index contributed by atoms with van der Waals surface area (Å²) in [5.74, 6) is 0.0944. The Bertz CT molecular complexity index is 373. The molecule has 0 aliphatic rings. The van der Waals surface area contributed by atoms with Crippen molar-refractivity contribution in [2.24, 2.45) is 11.7 Å². The van der Waals surface area contributed by atoms with Crippen molar-refractivity contribution in [1.29, 1.82) is 0 Å². The summed E-state index contributed by atoms with van der Waals surface area (Å²) in [5.41, 5.74) is 8.00. The Morgan fingerprint density at radius 2 is 1.89 bits per heavy atom. The topological polar surface area (TPSA) is 55.1 Å². The predicted molar refractivity (Wildman–Crippen MR) is 76.5 cm³/mol. The number of nitrogens with one attached hydrogen (secondary N) is 1. The molecule has 1 aromatic rings. The Balaban J connectivity index is 2.59. The molecule has 0 unspecified atom stereocenters. The second kappa shape index (κ2) is 7.17. The minimum Gasteiger partial charge on any atom is -0.325 e. The van der Waals surface area contributed by atoms with Crippen LogP contribution in [-0.4, -0.2) is 11.9 Å². The van der Waals surface area contributed by atoms with Gasteiger partial charge < -0.3 is 11.1 Å². The SMILES string of the molecule is CCCc1ccc(NC(=O)[C@@H](N)[C@@H](C)CC)cc1. The smallest absolute Gasteiger partial charge is 0.241 e. The van der Waals surface area contributed by atoms with E-state index in [0.29, 0.717) is 0 Å². The number of aryl methyl sites for hydroxylation is 1. The van der Waals surface area contributed by atoms with Crippen LogP contribution in [-0.2, 0) is 11.2 Å². The van der Waals surface area contributed by atoms with E-state index in [2.05, 4.69) is 12.2 Å². The lowest BCUT2D eigenvalue weighted by atomic mass is 9.99. The highest BCUT2D eigenvalue weighted by atomic mass is 16.2. The Kier molecular flexibility index (Phi) is 5.86. The fourth-order valence-corrected chi connectivity index (χ4v) is 1.78. The van der Waals surface area contributed by atoms with Crippen molar-refractivity contribution in [3.63, 3.8) is 0 Å². The van der Waals surface area contributed by atoms with Gasteiger partial charge in [0.2, 0.25) is 5.91 Å². The summed E-state index contributed by atoms with van der Waals surface area (Å²) in [6.45, 7) is 6.19. The van der Waals surface area contributed by atoms with Crippen molar-refractivity contribution >= 4 is 11.6 Å². The van der Waals surface area contributed by atoms with Gasteiger partial charge >= 0.3 is 0 Å². The minimum absolute atomic E-state index is 0.104. The van der Waals surface area contributed by atoms with Gasteiger partial charge in [-0.25, -0.2) is 0 Å². The third kappa shape index (κ3) is 4.15. The van der Waals surface area contributed by atoms with Gasteiger partial charge in [0.05, 0.1) is 6.04 Å². The molecule has 0 heterocycles. The molecule has 0 fully saturated rings. The van der Waals surface area contributed by atoms with Crippen molar-refractivity contribution in [1.82, 2.24) is 0 Å². The zero-order valence-corrected chi connectivity index (χ0v) is 11.6. The number of hydrogen-bond acceptors (Lipinski definition) is 2. The molecule has 0 spiro atoms. The first kappa shape index (κ1) is 14.7. The van der Waals surface area contributed by atoms with Crippen LogP contribution in [0.2, 0.25) is 0 Å². The molecule has 18 heavy (non-hydrogen) atoms. The summed E-state index contributed by atoms with van der Waals surface area (Å²) >= 11 is 0. The predicted octanol–water partition coefficient (Wildman–Crippen LogP) is 2.95. The Hall–Kier alpha value is -1.35.